The van der Waals surface area contributed by atoms with Crippen molar-refractivity contribution in [3.63, 3.8) is 0 Å². The number of anilines is 1. The molecule has 0 heterocycles. The minimum atomic E-state index is -0.440. The molecular formula is C12H14N2O3. The molecule has 0 aliphatic rings. The van der Waals surface area contributed by atoms with Gasteiger partial charge in [0.1, 0.15) is 0 Å². The van der Waals surface area contributed by atoms with Crippen molar-refractivity contribution in [3.8, 4) is 0 Å². The van der Waals surface area contributed by atoms with Crippen LogP contribution in [0.5, 0.6) is 0 Å². The smallest absolute Gasteiger partial charge is 0.337 e. The number of primary amides is 1. The third-order valence-electron chi connectivity index (χ3n) is 2.12. The Morgan fingerprint density at radius 1 is 1.41 bits per heavy atom. The number of hydrogen-bond acceptors (Lipinski definition) is 4. The predicted molar refractivity (Wildman–Crippen MR) is 65.0 cm³/mol. The van der Waals surface area contributed by atoms with E-state index in [-0.39, 0.29) is 6.42 Å². The Morgan fingerprint density at radius 2 is 2.12 bits per heavy atom. The van der Waals surface area contributed by atoms with Gasteiger partial charge in [-0.2, -0.15) is 0 Å². The first-order valence-corrected chi connectivity index (χ1v) is 4.97. The van der Waals surface area contributed by atoms with Crippen LogP contribution in [0.2, 0.25) is 0 Å². The number of rotatable bonds is 4. The molecule has 0 saturated carbocycles. The fraction of sp³-hybridized carbons (Fsp3) is 0.167. The summed E-state index contributed by atoms with van der Waals surface area (Å²) in [7, 11) is 1.30. The molecule has 17 heavy (non-hydrogen) atoms. The molecule has 5 nitrogen and oxygen atoms in total. The molecule has 0 aliphatic heterocycles. The Labute approximate surface area is 99.0 Å². The number of hydrogen-bond donors (Lipinski definition) is 2. The predicted octanol–water partition coefficient (Wildman–Crippen LogP) is 0.944. The highest BCUT2D eigenvalue weighted by Crippen LogP contribution is 2.16. The minimum Gasteiger partial charge on any atom is -0.465 e. The van der Waals surface area contributed by atoms with E-state index in [4.69, 9.17) is 11.5 Å². The van der Waals surface area contributed by atoms with Gasteiger partial charge in [-0.1, -0.05) is 18.2 Å². The largest absolute Gasteiger partial charge is 0.465 e. The van der Waals surface area contributed by atoms with Gasteiger partial charge >= 0.3 is 5.97 Å². The van der Waals surface area contributed by atoms with Gasteiger partial charge in [0, 0.05) is 12.1 Å². The number of ether oxygens (including phenoxy) is 1. The Bertz CT molecular complexity index is 467. The lowest BCUT2D eigenvalue weighted by molar-refractivity contribution is -0.117. The van der Waals surface area contributed by atoms with E-state index in [1.54, 1.807) is 24.3 Å². The Balaban J connectivity index is 2.86. The molecule has 1 amide bonds. The molecule has 0 unspecified atom stereocenters. The summed E-state index contributed by atoms with van der Waals surface area (Å²) in [5.41, 5.74) is 12.3. The molecule has 4 N–H and O–H groups in total. The lowest BCUT2D eigenvalue weighted by Crippen LogP contribution is -2.08. The summed E-state index contributed by atoms with van der Waals surface area (Å²) in [5, 5.41) is 0. The van der Waals surface area contributed by atoms with E-state index < -0.39 is 11.9 Å². The molecule has 0 aliphatic carbocycles. The maximum atomic E-state index is 11.2. The quantitative estimate of drug-likeness (QED) is 0.598. The molecule has 0 aromatic heterocycles. The molecule has 90 valence electrons. The molecule has 0 saturated heterocycles. The number of carbonyl (C=O) groups is 2. The number of benzene rings is 1. The maximum absolute atomic E-state index is 11.2. The van der Waals surface area contributed by atoms with Crippen molar-refractivity contribution >= 4 is 23.6 Å². The average molecular weight is 234 g/mol. The van der Waals surface area contributed by atoms with Crippen molar-refractivity contribution in [2.24, 2.45) is 5.73 Å². The summed E-state index contributed by atoms with van der Waals surface area (Å²) in [6.45, 7) is 0. The highest BCUT2D eigenvalue weighted by molar-refractivity contribution is 5.91. The van der Waals surface area contributed by atoms with Crippen LogP contribution in [0.3, 0.4) is 0 Å². The normalized spacial score (nSPS) is 10.4. The molecule has 1 rings (SSSR count). The number of nitrogens with two attached hydrogens (primary N) is 2. The van der Waals surface area contributed by atoms with Gasteiger partial charge in [-0.25, -0.2) is 4.79 Å². The molecule has 0 fully saturated rings. The van der Waals surface area contributed by atoms with Gasteiger partial charge in [-0.3, -0.25) is 4.79 Å². The number of nitrogen functional groups attached to an aromatic ring is 1. The molecule has 0 bridgehead atoms. The van der Waals surface area contributed by atoms with Crippen molar-refractivity contribution < 1.29 is 14.3 Å². The fourth-order valence-electron chi connectivity index (χ4n) is 1.27. The van der Waals surface area contributed by atoms with Crippen LogP contribution in [0.1, 0.15) is 22.3 Å². The van der Waals surface area contributed by atoms with Gasteiger partial charge in [0.25, 0.3) is 0 Å². The second-order valence-corrected chi connectivity index (χ2v) is 3.41. The van der Waals surface area contributed by atoms with Gasteiger partial charge in [-0.05, 0) is 17.7 Å². The lowest BCUT2D eigenvalue weighted by Gasteiger charge is -2.03. The third-order valence-corrected chi connectivity index (χ3v) is 2.12. The van der Waals surface area contributed by atoms with Gasteiger partial charge in [0.15, 0.2) is 0 Å². The van der Waals surface area contributed by atoms with Crippen molar-refractivity contribution in [1.82, 2.24) is 0 Å². The van der Waals surface area contributed by atoms with Crippen LogP contribution in [-0.2, 0) is 9.53 Å². The second-order valence-electron chi connectivity index (χ2n) is 3.41. The number of carbonyl (C=O) groups excluding carboxylic acids is 2. The van der Waals surface area contributed by atoms with Gasteiger partial charge < -0.3 is 16.2 Å². The van der Waals surface area contributed by atoms with E-state index in [9.17, 15) is 9.59 Å². The molecule has 1 aromatic rings. The zero-order chi connectivity index (χ0) is 12.8. The average Bonchev–Trinajstić information content (AvgIpc) is 2.29. The van der Waals surface area contributed by atoms with Crippen LogP contribution in [0.4, 0.5) is 5.69 Å². The first kappa shape index (κ1) is 12.8. The van der Waals surface area contributed by atoms with Crippen molar-refractivity contribution in [3.05, 3.63) is 35.4 Å². The molecule has 5 heteroatoms. The summed E-state index contributed by atoms with van der Waals surface area (Å²) in [6.07, 6.45) is 3.45. The maximum Gasteiger partial charge on any atom is 0.337 e. The molecule has 0 radical (unpaired) electrons. The van der Waals surface area contributed by atoms with Gasteiger partial charge in [0.05, 0.1) is 12.7 Å². The van der Waals surface area contributed by atoms with E-state index in [1.807, 2.05) is 0 Å². The van der Waals surface area contributed by atoms with Crippen molar-refractivity contribution in [2.75, 3.05) is 12.8 Å². The fourth-order valence-corrected chi connectivity index (χ4v) is 1.27. The first-order chi connectivity index (χ1) is 8.04. The Kier molecular flexibility index (Phi) is 4.28. The summed E-state index contributed by atoms with van der Waals surface area (Å²) in [5.74, 6) is -0.852. The van der Waals surface area contributed by atoms with Gasteiger partial charge in [0.2, 0.25) is 5.91 Å². The Hall–Kier alpha value is -2.30. The SMILES string of the molecule is COC(=O)c1ccc(C=CCC(N)=O)c(N)c1. The summed E-state index contributed by atoms with van der Waals surface area (Å²) in [4.78, 5) is 21.8. The van der Waals surface area contributed by atoms with E-state index in [1.165, 1.54) is 13.2 Å². The zero-order valence-corrected chi connectivity index (χ0v) is 9.47. The zero-order valence-electron chi connectivity index (χ0n) is 9.47. The van der Waals surface area contributed by atoms with E-state index in [2.05, 4.69) is 4.74 Å². The second kappa shape index (κ2) is 5.69. The summed E-state index contributed by atoms with van der Waals surface area (Å²) in [6, 6.07) is 4.81. The van der Waals surface area contributed by atoms with Crippen molar-refractivity contribution in [1.29, 1.82) is 0 Å². The first-order valence-electron chi connectivity index (χ1n) is 4.97. The van der Waals surface area contributed by atoms with Crippen LogP contribution in [0.15, 0.2) is 24.3 Å². The monoisotopic (exact) mass is 234 g/mol. The van der Waals surface area contributed by atoms with E-state index in [0.29, 0.717) is 11.3 Å². The number of amides is 1. The van der Waals surface area contributed by atoms with Crippen LogP contribution in [0, 0.1) is 0 Å². The van der Waals surface area contributed by atoms with Gasteiger partial charge in [-0.15, -0.1) is 0 Å². The molecule has 0 spiro atoms. The van der Waals surface area contributed by atoms with Crippen molar-refractivity contribution in [2.45, 2.75) is 6.42 Å². The molecular weight excluding hydrogens is 220 g/mol. The third kappa shape index (κ3) is 3.64. The summed E-state index contributed by atoms with van der Waals surface area (Å²) < 4.78 is 4.57. The van der Waals surface area contributed by atoms with E-state index in [0.717, 1.165) is 5.56 Å². The molecule has 1 aromatic carbocycles. The van der Waals surface area contributed by atoms with Crippen LogP contribution in [0.25, 0.3) is 6.08 Å². The number of esters is 1. The van der Waals surface area contributed by atoms with Crippen LogP contribution in [-0.4, -0.2) is 19.0 Å². The lowest BCUT2D eigenvalue weighted by atomic mass is 10.1. The van der Waals surface area contributed by atoms with Crippen LogP contribution >= 0.6 is 0 Å². The topological polar surface area (TPSA) is 95.4 Å². The van der Waals surface area contributed by atoms with E-state index >= 15 is 0 Å². The Morgan fingerprint density at radius 3 is 2.65 bits per heavy atom. The minimum absolute atomic E-state index is 0.151. The highest BCUT2D eigenvalue weighted by atomic mass is 16.5. The summed E-state index contributed by atoms with van der Waals surface area (Å²) >= 11 is 0. The molecule has 0 atom stereocenters. The standard InChI is InChI=1S/C12H14N2O3/c1-17-12(16)9-6-5-8(10(13)7-9)3-2-4-11(14)15/h2-3,5-7H,4,13H2,1H3,(H2,14,15). The number of methoxy groups -OCH3 is 1. The highest BCUT2D eigenvalue weighted by Gasteiger charge is 2.06. The van der Waals surface area contributed by atoms with Crippen LogP contribution < -0.4 is 11.5 Å².